The van der Waals surface area contributed by atoms with Crippen molar-refractivity contribution in [2.75, 3.05) is 12.4 Å². The highest BCUT2D eigenvalue weighted by molar-refractivity contribution is 5.94. The number of methoxy groups -OCH3 is 1. The summed E-state index contributed by atoms with van der Waals surface area (Å²) in [7, 11) is 1.29. The van der Waals surface area contributed by atoms with Gasteiger partial charge in [0.15, 0.2) is 0 Å². The third-order valence-corrected chi connectivity index (χ3v) is 2.19. The van der Waals surface area contributed by atoms with Crippen LogP contribution in [0.25, 0.3) is 0 Å². The van der Waals surface area contributed by atoms with Crippen LogP contribution in [0.4, 0.5) is 5.69 Å². The lowest BCUT2D eigenvalue weighted by atomic mass is 10.2. The number of esters is 1. The van der Waals surface area contributed by atoms with Crippen LogP contribution in [0, 0.1) is 0 Å². The van der Waals surface area contributed by atoms with E-state index in [1.54, 1.807) is 12.1 Å². The molecule has 0 bridgehead atoms. The Hall–Kier alpha value is -2.37. The summed E-state index contributed by atoms with van der Waals surface area (Å²) >= 11 is 0. The molecule has 0 aromatic heterocycles. The number of anilines is 1. The van der Waals surface area contributed by atoms with Crippen molar-refractivity contribution in [1.82, 2.24) is 0 Å². The van der Waals surface area contributed by atoms with Crippen LogP contribution in [-0.2, 0) is 14.3 Å². The zero-order valence-electron chi connectivity index (χ0n) is 9.93. The van der Waals surface area contributed by atoms with Crippen LogP contribution in [0.15, 0.2) is 24.3 Å². The summed E-state index contributed by atoms with van der Waals surface area (Å²) in [5, 5.41) is 2.58. The number of primary amides is 1. The Morgan fingerprint density at radius 3 is 2.28 bits per heavy atom. The number of amides is 2. The summed E-state index contributed by atoms with van der Waals surface area (Å²) < 4.78 is 4.54. The van der Waals surface area contributed by atoms with Crippen LogP contribution < -0.4 is 11.1 Å². The lowest BCUT2D eigenvalue weighted by molar-refractivity contribution is -0.122. The fourth-order valence-electron chi connectivity index (χ4n) is 1.27. The highest BCUT2D eigenvalue weighted by atomic mass is 16.5. The second-order valence-corrected chi connectivity index (χ2v) is 3.58. The van der Waals surface area contributed by atoms with Gasteiger partial charge >= 0.3 is 5.97 Å². The van der Waals surface area contributed by atoms with Crippen LogP contribution in [0.2, 0.25) is 0 Å². The third kappa shape index (κ3) is 4.25. The first-order chi connectivity index (χ1) is 8.52. The van der Waals surface area contributed by atoms with Crippen molar-refractivity contribution in [3.63, 3.8) is 0 Å². The molecule has 0 fully saturated rings. The van der Waals surface area contributed by atoms with Gasteiger partial charge < -0.3 is 15.8 Å². The van der Waals surface area contributed by atoms with E-state index in [9.17, 15) is 14.4 Å². The quantitative estimate of drug-likeness (QED) is 0.750. The number of hydrogen-bond acceptors (Lipinski definition) is 4. The molecule has 6 nitrogen and oxygen atoms in total. The van der Waals surface area contributed by atoms with Crippen LogP contribution in [-0.4, -0.2) is 24.9 Å². The van der Waals surface area contributed by atoms with E-state index in [0.717, 1.165) is 0 Å². The van der Waals surface area contributed by atoms with Crippen LogP contribution in [0.3, 0.4) is 0 Å². The fourth-order valence-corrected chi connectivity index (χ4v) is 1.27. The van der Waals surface area contributed by atoms with Crippen molar-refractivity contribution in [1.29, 1.82) is 0 Å². The highest BCUT2D eigenvalue weighted by Gasteiger charge is 2.07. The number of nitrogens with one attached hydrogen (secondary N) is 1. The van der Waals surface area contributed by atoms with E-state index in [-0.39, 0.29) is 18.7 Å². The van der Waals surface area contributed by atoms with Gasteiger partial charge in [0, 0.05) is 18.5 Å². The number of rotatable bonds is 5. The van der Waals surface area contributed by atoms with E-state index in [2.05, 4.69) is 10.1 Å². The van der Waals surface area contributed by atoms with Gasteiger partial charge in [-0.05, 0) is 24.3 Å². The van der Waals surface area contributed by atoms with Gasteiger partial charge in [-0.15, -0.1) is 0 Å². The summed E-state index contributed by atoms with van der Waals surface area (Å²) in [6.07, 6.45) is 0.0418. The van der Waals surface area contributed by atoms with E-state index >= 15 is 0 Å². The number of ether oxygens (including phenoxy) is 1. The largest absolute Gasteiger partial charge is 0.465 e. The molecule has 0 saturated heterocycles. The number of nitrogens with two attached hydrogens (primary N) is 1. The van der Waals surface area contributed by atoms with Crippen molar-refractivity contribution in [3.05, 3.63) is 29.8 Å². The maximum Gasteiger partial charge on any atom is 0.337 e. The van der Waals surface area contributed by atoms with Gasteiger partial charge in [0.05, 0.1) is 12.7 Å². The topological polar surface area (TPSA) is 98.5 Å². The van der Waals surface area contributed by atoms with Crippen molar-refractivity contribution in [2.24, 2.45) is 5.73 Å². The van der Waals surface area contributed by atoms with Gasteiger partial charge in [-0.3, -0.25) is 9.59 Å². The first-order valence-corrected chi connectivity index (χ1v) is 5.29. The molecule has 6 heteroatoms. The molecule has 0 spiro atoms. The fraction of sp³-hybridized carbons (Fsp3) is 0.250. The SMILES string of the molecule is COC(=O)c1ccc(NC(=O)CCC(N)=O)cc1. The molecule has 0 aliphatic carbocycles. The Labute approximate surface area is 104 Å². The molecule has 0 heterocycles. The molecule has 1 rings (SSSR count). The van der Waals surface area contributed by atoms with E-state index < -0.39 is 11.9 Å². The Morgan fingerprint density at radius 2 is 1.78 bits per heavy atom. The van der Waals surface area contributed by atoms with Gasteiger partial charge in [-0.1, -0.05) is 0 Å². The summed E-state index contributed by atoms with van der Waals surface area (Å²) in [6, 6.07) is 6.23. The maximum atomic E-state index is 11.4. The first-order valence-electron chi connectivity index (χ1n) is 5.29. The average molecular weight is 250 g/mol. The van der Waals surface area contributed by atoms with Crippen LogP contribution >= 0.6 is 0 Å². The number of carbonyl (C=O) groups excluding carboxylic acids is 3. The van der Waals surface area contributed by atoms with Gasteiger partial charge in [-0.25, -0.2) is 4.79 Å². The summed E-state index contributed by atoms with van der Waals surface area (Å²) in [5.74, 6) is -1.27. The maximum absolute atomic E-state index is 11.4. The predicted octanol–water partition coefficient (Wildman–Crippen LogP) is 0.677. The van der Waals surface area contributed by atoms with E-state index in [4.69, 9.17) is 5.73 Å². The Kier molecular flexibility index (Phi) is 4.86. The van der Waals surface area contributed by atoms with Crippen LogP contribution in [0.5, 0.6) is 0 Å². The molecular weight excluding hydrogens is 236 g/mol. The van der Waals surface area contributed by atoms with E-state index in [0.29, 0.717) is 11.3 Å². The highest BCUT2D eigenvalue weighted by Crippen LogP contribution is 2.10. The lowest BCUT2D eigenvalue weighted by Crippen LogP contribution is -2.17. The Morgan fingerprint density at radius 1 is 1.17 bits per heavy atom. The van der Waals surface area contributed by atoms with Gasteiger partial charge in [0.2, 0.25) is 11.8 Å². The minimum Gasteiger partial charge on any atom is -0.465 e. The van der Waals surface area contributed by atoms with Crippen molar-refractivity contribution >= 4 is 23.5 Å². The predicted molar refractivity (Wildman–Crippen MR) is 64.8 cm³/mol. The average Bonchev–Trinajstić information content (AvgIpc) is 2.36. The van der Waals surface area contributed by atoms with Crippen molar-refractivity contribution < 1.29 is 19.1 Å². The van der Waals surface area contributed by atoms with Crippen LogP contribution in [0.1, 0.15) is 23.2 Å². The second-order valence-electron chi connectivity index (χ2n) is 3.58. The Bertz CT molecular complexity index is 454. The molecule has 0 radical (unpaired) electrons. The van der Waals surface area contributed by atoms with Crippen molar-refractivity contribution in [2.45, 2.75) is 12.8 Å². The second kappa shape index (κ2) is 6.39. The molecule has 0 saturated carbocycles. The number of carbonyl (C=O) groups is 3. The lowest BCUT2D eigenvalue weighted by Gasteiger charge is -2.05. The minimum atomic E-state index is -0.522. The molecule has 1 aromatic rings. The van der Waals surface area contributed by atoms with Gasteiger partial charge in [-0.2, -0.15) is 0 Å². The van der Waals surface area contributed by atoms with Gasteiger partial charge in [0.25, 0.3) is 0 Å². The molecule has 18 heavy (non-hydrogen) atoms. The van der Waals surface area contributed by atoms with E-state index in [1.807, 2.05) is 0 Å². The molecule has 0 unspecified atom stereocenters. The molecular formula is C12H14N2O4. The standard InChI is InChI=1S/C12H14N2O4/c1-18-12(17)8-2-4-9(5-3-8)14-11(16)7-6-10(13)15/h2-5H,6-7H2,1H3,(H2,13,15)(H,14,16). The molecule has 0 atom stereocenters. The molecule has 96 valence electrons. The molecule has 3 N–H and O–H groups in total. The smallest absolute Gasteiger partial charge is 0.337 e. The molecule has 0 aliphatic rings. The van der Waals surface area contributed by atoms with Crippen molar-refractivity contribution in [3.8, 4) is 0 Å². The number of hydrogen-bond donors (Lipinski definition) is 2. The first kappa shape index (κ1) is 13.7. The third-order valence-electron chi connectivity index (χ3n) is 2.19. The Balaban J connectivity index is 2.55. The molecule has 1 aromatic carbocycles. The minimum absolute atomic E-state index is 0.00603. The summed E-state index contributed by atoms with van der Waals surface area (Å²) in [6.45, 7) is 0. The zero-order valence-corrected chi connectivity index (χ0v) is 9.93. The van der Waals surface area contributed by atoms with E-state index in [1.165, 1.54) is 19.2 Å². The molecule has 0 aliphatic heterocycles. The summed E-state index contributed by atoms with van der Waals surface area (Å²) in [4.78, 5) is 33.0. The molecule has 2 amide bonds. The van der Waals surface area contributed by atoms with Gasteiger partial charge in [0.1, 0.15) is 0 Å². The number of benzene rings is 1. The monoisotopic (exact) mass is 250 g/mol. The zero-order chi connectivity index (χ0) is 13.5. The normalized spacial score (nSPS) is 9.61. The summed E-state index contributed by atoms with van der Waals surface area (Å²) in [5.41, 5.74) is 5.87.